The summed E-state index contributed by atoms with van der Waals surface area (Å²) in [5.74, 6) is -0.219. The van der Waals surface area contributed by atoms with Crippen molar-refractivity contribution >= 4 is 18.3 Å². The predicted octanol–water partition coefficient (Wildman–Crippen LogP) is 3.18. The monoisotopic (exact) mass is 328 g/mol. The molecule has 1 aromatic carbocycles. The average molecular weight is 329 g/mol. The van der Waals surface area contributed by atoms with Gasteiger partial charge in [-0.1, -0.05) is 38.3 Å². The molecule has 124 valence electrons. The van der Waals surface area contributed by atoms with Crippen LogP contribution in [0.3, 0.4) is 0 Å². The molecule has 5 heteroatoms. The molecule has 1 saturated carbocycles. The van der Waals surface area contributed by atoms with Gasteiger partial charge in [0.2, 0.25) is 5.91 Å². The van der Waals surface area contributed by atoms with Crippen LogP contribution in [0.15, 0.2) is 24.3 Å². The molecule has 3 nitrogen and oxygen atoms in total. The Morgan fingerprint density at radius 3 is 2.59 bits per heavy atom. The van der Waals surface area contributed by atoms with Crippen LogP contribution in [-0.4, -0.2) is 25.5 Å². The second-order valence-electron chi connectivity index (χ2n) is 5.76. The lowest BCUT2D eigenvalue weighted by molar-refractivity contribution is -0.128. The number of rotatable bonds is 6. The summed E-state index contributed by atoms with van der Waals surface area (Å²) in [4.78, 5) is 12.7. The molecule has 0 bridgehead atoms. The van der Waals surface area contributed by atoms with E-state index in [2.05, 4.69) is 10.6 Å². The Morgan fingerprint density at radius 1 is 1.23 bits per heavy atom. The van der Waals surface area contributed by atoms with Gasteiger partial charge in [-0.15, -0.1) is 12.4 Å². The molecule has 1 aliphatic rings. The Morgan fingerprint density at radius 2 is 1.95 bits per heavy atom. The van der Waals surface area contributed by atoms with Gasteiger partial charge in [-0.3, -0.25) is 4.79 Å². The lowest BCUT2D eigenvalue weighted by Crippen LogP contribution is -2.47. The van der Waals surface area contributed by atoms with Crippen LogP contribution in [-0.2, 0) is 10.2 Å². The first-order valence-electron chi connectivity index (χ1n) is 7.94. The van der Waals surface area contributed by atoms with Crippen LogP contribution in [0.25, 0.3) is 0 Å². The highest BCUT2D eigenvalue weighted by atomic mass is 35.5. The van der Waals surface area contributed by atoms with E-state index in [-0.39, 0.29) is 24.1 Å². The van der Waals surface area contributed by atoms with Crippen LogP contribution in [0.4, 0.5) is 4.39 Å². The SMILES string of the molecule is CCNCCNC(=O)C1(c2cccc(F)c2)CCCCC1.Cl. The highest BCUT2D eigenvalue weighted by Gasteiger charge is 2.40. The first-order valence-corrected chi connectivity index (χ1v) is 7.94. The summed E-state index contributed by atoms with van der Waals surface area (Å²) in [5.41, 5.74) is 0.273. The van der Waals surface area contributed by atoms with Crippen molar-refractivity contribution in [3.63, 3.8) is 0 Å². The third-order valence-electron chi connectivity index (χ3n) is 4.36. The molecule has 1 fully saturated rings. The van der Waals surface area contributed by atoms with E-state index in [0.29, 0.717) is 6.54 Å². The molecule has 0 aliphatic heterocycles. The fourth-order valence-electron chi connectivity index (χ4n) is 3.20. The standard InChI is InChI=1S/C17H25FN2O.ClH/c1-2-19-11-12-20-16(21)17(9-4-3-5-10-17)14-7-6-8-15(18)13-14;/h6-8,13,19H,2-5,9-12H2,1H3,(H,20,21);1H. The Hall–Kier alpha value is -1.13. The van der Waals surface area contributed by atoms with Crippen molar-refractivity contribution in [2.75, 3.05) is 19.6 Å². The fraction of sp³-hybridized carbons (Fsp3) is 0.588. The summed E-state index contributed by atoms with van der Waals surface area (Å²) in [6.45, 7) is 4.31. The minimum atomic E-state index is -0.549. The predicted molar refractivity (Wildman–Crippen MR) is 90.0 cm³/mol. The van der Waals surface area contributed by atoms with Gasteiger partial charge in [0, 0.05) is 13.1 Å². The number of hydrogen-bond acceptors (Lipinski definition) is 2. The van der Waals surface area contributed by atoms with Crippen molar-refractivity contribution in [2.24, 2.45) is 0 Å². The second kappa shape index (κ2) is 9.11. The number of hydrogen-bond donors (Lipinski definition) is 2. The van der Waals surface area contributed by atoms with Crippen LogP contribution < -0.4 is 10.6 Å². The Balaban J connectivity index is 0.00000242. The Labute approximate surface area is 138 Å². The normalized spacial score (nSPS) is 16.6. The van der Waals surface area contributed by atoms with E-state index < -0.39 is 5.41 Å². The Bertz CT molecular complexity index is 475. The lowest BCUT2D eigenvalue weighted by atomic mass is 9.68. The number of carbonyl (C=O) groups is 1. The number of halogens is 2. The zero-order chi connectivity index (χ0) is 15.1. The number of likely N-dealkylation sites (N-methyl/N-ethyl adjacent to an activating group) is 1. The largest absolute Gasteiger partial charge is 0.354 e. The van der Waals surface area contributed by atoms with E-state index in [1.165, 1.54) is 12.1 Å². The van der Waals surface area contributed by atoms with Gasteiger partial charge >= 0.3 is 0 Å². The topological polar surface area (TPSA) is 41.1 Å². The molecule has 0 aromatic heterocycles. The van der Waals surface area contributed by atoms with Gasteiger partial charge in [0.25, 0.3) is 0 Å². The molecule has 22 heavy (non-hydrogen) atoms. The van der Waals surface area contributed by atoms with Crippen molar-refractivity contribution in [1.29, 1.82) is 0 Å². The van der Waals surface area contributed by atoms with Gasteiger partial charge in [-0.25, -0.2) is 4.39 Å². The molecule has 2 rings (SSSR count). The van der Waals surface area contributed by atoms with E-state index in [9.17, 15) is 9.18 Å². The van der Waals surface area contributed by atoms with Crippen molar-refractivity contribution in [3.8, 4) is 0 Å². The van der Waals surface area contributed by atoms with Crippen molar-refractivity contribution < 1.29 is 9.18 Å². The summed E-state index contributed by atoms with van der Waals surface area (Å²) in [5, 5.41) is 6.22. The van der Waals surface area contributed by atoms with E-state index in [1.54, 1.807) is 6.07 Å². The zero-order valence-corrected chi connectivity index (χ0v) is 14.0. The summed E-state index contributed by atoms with van der Waals surface area (Å²) >= 11 is 0. The maximum atomic E-state index is 13.6. The van der Waals surface area contributed by atoms with Gasteiger partial charge < -0.3 is 10.6 Å². The third kappa shape index (κ3) is 4.43. The second-order valence-corrected chi connectivity index (χ2v) is 5.76. The zero-order valence-electron chi connectivity index (χ0n) is 13.2. The van der Waals surface area contributed by atoms with Gasteiger partial charge in [-0.05, 0) is 37.1 Å². The molecular weight excluding hydrogens is 303 g/mol. The molecule has 1 aliphatic carbocycles. The summed E-state index contributed by atoms with van der Waals surface area (Å²) in [7, 11) is 0. The fourth-order valence-corrected chi connectivity index (χ4v) is 3.20. The van der Waals surface area contributed by atoms with Crippen molar-refractivity contribution in [3.05, 3.63) is 35.6 Å². The first-order chi connectivity index (χ1) is 10.2. The average Bonchev–Trinajstić information content (AvgIpc) is 2.52. The van der Waals surface area contributed by atoms with Crippen molar-refractivity contribution in [2.45, 2.75) is 44.4 Å². The molecule has 0 atom stereocenters. The number of carbonyl (C=O) groups excluding carboxylic acids is 1. The van der Waals surface area contributed by atoms with Crippen LogP contribution in [0.5, 0.6) is 0 Å². The molecular formula is C17H26ClFN2O. The van der Waals surface area contributed by atoms with Crippen LogP contribution in [0, 0.1) is 5.82 Å². The molecule has 0 unspecified atom stereocenters. The summed E-state index contributed by atoms with van der Waals surface area (Å²) in [6.07, 6.45) is 4.82. The van der Waals surface area contributed by atoms with Gasteiger partial charge in [0.15, 0.2) is 0 Å². The number of benzene rings is 1. The van der Waals surface area contributed by atoms with E-state index in [0.717, 1.165) is 50.8 Å². The minimum Gasteiger partial charge on any atom is -0.354 e. The van der Waals surface area contributed by atoms with Crippen LogP contribution in [0.1, 0.15) is 44.6 Å². The summed E-state index contributed by atoms with van der Waals surface area (Å²) < 4.78 is 13.6. The van der Waals surface area contributed by atoms with Crippen LogP contribution in [0.2, 0.25) is 0 Å². The Kier molecular flexibility index (Phi) is 7.83. The van der Waals surface area contributed by atoms with Crippen molar-refractivity contribution in [1.82, 2.24) is 10.6 Å². The molecule has 0 heterocycles. The molecule has 2 N–H and O–H groups in total. The van der Waals surface area contributed by atoms with E-state index >= 15 is 0 Å². The molecule has 0 spiro atoms. The summed E-state index contributed by atoms with van der Waals surface area (Å²) in [6, 6.07) is 6.55. The van der Waals surface area contributed by atoms with Gasteiger partial charge in [0.1, 0.15) is 5.82 Å². The maximum absolute atomic E-state index is 13.6. The van der Waals surface area contributed by atoms with E-state index in [1.807, 2.05) is 13.0 Å². The number of nitrogens with one attached hydrogen (secondary N) is 2. The minimum absolute atomic E-state index is 0. The van der Waals surface area contributed by atoms with Gasteiger partial charge in [-0.2, -0.15) is 0 Å². The quantitative estimate of drug-likeness (QED) is 0.787. The lowest BCUT2D eigenvalue weighted by Gasteiger charge is -2.36. The molecule has 0 saturated heterocycles. The van der Waals surface area contributed by atoms with E-state index in [4.69, 9.17) is 0 Å². The first kappa shape index (κ1) is 18.9. The number of amides is 1. The smallest absolute Gasteiger partial charge is 0.230 e. The highest BCUT2D eigenvalue weighted by molar-refractivity contribution is 5.88. The van der Waals surface area contributed by atoms with Crippen LogP contribution >= 0.6 is 12.4 Å². The molecule has 0 radical (unpaired) electrons. The molecule has 1 amide bonds. The third-order valence-corrected chi connectivity index (χ3v) is 4.36. The molecule has 1 aromatic rings. The maximum Gasteiger partial charge on any atom is 0.230 e. The highest BCUT2D eigenvalue weighted by Crippen LogP contribution is 2.39. The van der Waals surface area contributed by atoms with Gasteiger partial charge in [0.05, 0.1) is 5.41 Å².